The van der Waals surface area contributed by atoms with Crippen LogP contribution in [-0.4, -0.2) is 35.1 Å². The quantitative estimate of drug-likeness (QED) is 0.866. The molecule has 2 heterocycles. The number of nitrogens with zero attached hydrogens (tertiary/aromatic N) is 1. The van der Waals surface area contributed by atoms with Gasteiger partial charge in [0.05, 0.1) is 17.7 Å². The molecule has 1 aliphatic rings. The van der Waals surface area contributed by atoms with Crippen molar-refractivity contribution in [2.45, 2.75) is 18.9 Å². The van der Waals surface area contributed by atoms with Gasteiger partial charge in [0.25, 0.3) is 5.91 Å². The maximum Gasteiger partial charge on any atom is 0.265 e. The van der Waals surface area contributed by atoms with Gasteiger partial charge in [-0.25, -0.2) is 0 Å². The summed E-state index contributed by atoms with van der Waals surface area (Å²) in [4.78, 5) is 14.3. The van der Waals surface area contributed by atoms with Gasteiger partial charge in [-0.2, -0.15) is 0 Å². The van der Waals surface area contributed by atoms with Gasteiger partial charge < -0.3 is 10.0 Å². The van der Waals surface area contributed by atoms with Crippen LogP contribution in [-0.2, 0) is 0 Å². The third-order valence-corrected chi connectivity index (χ3v) is 3.99. The predicted molar refractivity (Wildman–Crippen MR) is 60.5 cm³/mol. The number of amides is 1. The molecular weight excluding hydrogens is 234 g/mol. The van der Waals surface area contributed by atoms with E-state index >= 15 is 0 Å². The molecule has 0 bridgehead atoms. The molecule has 0 aliphatic carbocycles. The van der Waals surface area contributed by atoms with Gasteiger partial charge in [-0.3, -0.25) is 4.79 Å². The normalized spacial score (nSPS) is 20.9. The van der Waals surface area contributed by atoms with Crippen LogP contribution >= 0.6 is 22.9 Å². The molecule has 0 aromatic carbocycles. The number of rotatable bonds is 2. The molecule has 1 fully saturated rings. The molecule has 1 atom stereocenters. The number of hydrogen-bond acceptors (Lipinski definition) is 3. The molecule has 1 saturated heterocycles. The van der Waals surface area contributed by atoms with Crippen molar-refractivity contribution in [1.82, 2.24) is 4.90 Å². The van der Waals surface area contributed by atoms with Gasteiger partial charge in [0.1, 0.15) is 4.88 Å². The van der Waals surface area contributed by atoms with Gasteiger partial charge in [-0.05, 0) is 24.3 Å². The summed E-state index contributed by atoms with van der Waals surface area (Å²) in [6, 6.07) is 1.69. The minimum Gasteiger partial charge on any atom is -0.394 e. The van der Waals surface area contributed by atoms with E-state index in [0.717, 1.165) is 19.4 Å². The van der Waals surface area contributed by atoms with E-state index in [1.54, 1.807) is 16.3 Å². The minimum atomic E-state index is -0.0495. The lowest BCUT2D eigenvalue weighted by Gasteiger charge is -2.22. The lowest BCUT2D eigenvalue weighted by Crippen LogP contribution is -2.37. The van der Waals surface area contributed by atoms with E-state index < -0.39 is 0 Å². The number of carbonyl (C=O) groups excluding carboxylic acids is 1. The molecule has 1 N–H and O–H groups in total. The van der Waals surface area contributed by atoms with Gasteiger partial charge in [0.2, 0.25) is 0 Å². The van der Waals surface area contributed by atoms with E-state index in [1.165, 1.54) is 11.3 Å². The number of aliphatic hydroxyl groups is 1. The van der Waals surface area contributed by atoms with Crippen molar-refractivity contribution in [2.24, 2.45) is 0 Å². The highest BCUT2D eigenvalue weighted by atomic mass is 35.5. The van der Waals surface area contributed by atoms with Gasteiger partial charge >= 0.3 is 0 Å². The molecule has 1 aromatic heterocycles. The van der Waals surface area contributed by atoms with E-state index in [2.05, 4.69) is 0 Å². The second-order valence-electron chi connectivity index (χ2n) is 3.57. The molecule has 82 valence electrons. The van der Waals surface area contributed by atoms with Crippen molar-refractivity contribution in [3.8, 4) is 0 Å². The summed E-state index contributed by atoms with van der Waals surface area (Å²) in [5, 5.41) is 11.4. The highest BCUT2D eigenvalue weighted by Crippen LogP contribution is 2.27. The lowest BCUT2D eigenvalue weighted by molar-refractivity contribution is 0.0682. The van der Waals surface area contributed by atoms with Gasteiger partial charge in [0, 0.05) is 6.54 Å². The number of likely N-dealkylation sites (tertiary alicyclic amines) is 1. The topological polar surface area (TPSA) is 40.5 Å². The Bertz CT molecular complexity index is 366. The Morgan fingerprint density at radius 3 is 3.13 bits per heavy atom. The van der Waals surface area contributed by atoms with Crippen LogP contribution in [0.4, 0.5) is 0 Å². The van der Waals surface area contributed by atoms with Crippen molar-refractivity contribution >= 4 is 28.8 Å². The Morgan fingerprint density at radius 1 is 1.73 bits per heavy atom. The second kappa shape index (κ2) is 4.51. The third kappa shape index (κ3) is 2.02. The van der Waals surface area contributed by atoms with E-state index in [0.29, 0.717) is 9.90 Å². The highest BCUT2D eigenvalue weighted by Gasteiger charge is 2.30. The monoisotopic (exact) mass is 245 g/mol. The van der Waals surface area contributed by atoms with Crippen molar-refractivity contribution in [3.05, 3.63) is 21.3 Å². The van der Waals surface area contributed by atoms with E-state index in [9.17, 15) is 4.79 Å². The van der Waals surface area contributed by atoms with Crippen LogP contribution in [0.2, 0.25) is 5.02 Å². The number of hydrogen-bond donors (Lipinski definition) is 1. The predicted octanol–water partition coefficient (Wildman–Crippen LogP) is 2.00. The smallest absolute Gasteiger partial charge is 0.265 e. The van der Waals surface area contributed by atoms with E-state index in [4.69, 9.17) is 16.7 Å². The fourth-order valence-electron chi connectivity index (χ4n) is 1.87. The fraction of sp³-hybridized carbons (Fsp3) is 0.500. The molecule has 1 aliphatic heterocycles. The molecule has 1 amide bonds. The summed E-state index contributed by atoms with van der Waals surface area (Å²) in [6.45, 7) is 0.757. The van der Waals surface area contributed by atoms with Crippen LogP contribution in [0.1, 0.15) is 22.5 Å². The van der Waals surface area contributed by atoms with Crippen molar-refractivity contribution < 1.29 is 9.90 Å². The number of thiophene rings is 1. The van der Waals surface area contributed by atoms with Crippen molar-refractivity contribution in [1.29, 1.82) is 0 Å². The molecule has 2 rings (SSSR count). The molecule has 3 nitrogen and oxygen atoms in total. The SMILES string of the molecule is O=C(c1sccc1Cl)N1CCC[C@@H]1CO. The Morgan fingerprint density at radius 2 is 2.53 bits per heavy atom. The van der Waals surface area contributed by atoms with Crippen LogP contribution < -0.4 is 0 Å². The first-order valence-corrected chi connectivity index (χ1v) is 6.14. The Labute approximate surface area is 97.3 Å². The maximum atomic E-state index is 12.0. The first kappa shape index (κ1) is 10.9. The first-order valence-electron chi connectivity index (χ1n) is 4.89. The summed E-state index contributed by atoms with van der Waals surface area (Å²) in [7, 11) is 0. The number of carbonyl (C=O) groups is 1. The zero-order valence-corrected chi connectivity index (χ0v) is 9.72. The molecule has 1 aromatic rings. The fourth-order valence-corrected chi connectivity index (χ4v) is 2.96. The third-order valence-electron chi connectivity index (χ3n) is 2.66. The summed E-state index contributed by atoms with van der Waals surface area (Å²) in [5.74, 6) is -0.0495. The lowest BCUT2D eigenvalue weighted by atomic mass is 10.2. The summed E-state index contributed by atoms with van der Waals surface area (Å²) < 4.78 is 0. The number of halogens is 1. The van der Waals surface area contributed by atoms with Gasteiger partial charge in [0.15, 0.2) is 0 Å². The molecule has 0 unspecified atom stereocenters. The van der Waals surface area contributed by atoms with E-state index in [-0.39, 0.29) is 18.6 Å². The molecule has 0 spiro atoms. The van der Waals surface area contributed by atoms with Gasteiger partial charge in [-0.15, -0.1) is 11.3 Å². The van der Waals surface area contributed by atoms with Crippen LogP contribution in [0, 0.1) is 0 Å². The molecule has 5 heteroatoms. The van der Waals surface area contributed by atoms with E-state index in [1.807, 2.05) is 0 Å². The van der Waals surface area contributed by atoms with Crippen LogP contribution in [0.25, 0.3) is 0 Å². The average Bonchev–Trinajstić information content (AvgIpc) is 2.84. The highest BCUT2D eigenvalue weighted by molar-refractivity contribution is 7.12. The maximum absolute atomic E-state index is 12.0. The zero-order chi connectivity index (χ0) is 10.8. The average molecular weight is 246 g/mol. The van der Waals surface area contributed by atoms with Crippen LogP contribution in [0.5, 0.6) is 0 Å². The summed E-state index contributed by atoms with van der Waals surface area (Å²) >= 11 is 7.26. The Balaban J connectivity index is 2.18. The summed E-state index contributed by atoms with van der Waals surface area (Å²) in [5.41, 5.74) is 0. The number of aliphatic hydroxyl groups excluding tert-OH is 1. The standard InChI is InChI=1S/C10H12ClNO2S/c11-8-3-5-15-9(8)10(14)12-4-1-2-7(12)6-13/h3,5,7,13H,1-2,4,6H2/t7-/m1/s1. The molecular formula is C10H12ClNO2S. The zero-order valence-electron chi connectivity index (χ0n) is 8.15. The van der Waals surface area contributed by atoms with Crippen LogP contribution in [0.15, 0.2) is 11.4 Å². The second-order valence-corrected chi connectivity index (χ2v) is 4.90. The van der Waals surface area contributed by atoms with Crippen molar-refractivity contribution in [2.75, 3.05) is 13.2 Å². The largest absolute Gasteiger partial charge is 0.394 e. The molecule has 0 radical (unpaired) electrons. The summed E-state index contributed by atoms with van der Waals surface area (Å²) in [6.07, 6.45) is 1.84. The molecule has 0 saturated carbocycles. The Kier molecular flexibility index (Phi) is 3.29. The first-order chi connectivity index (χ1) is 7.24. The minimum absolute atomic E-state index is 0.0318. The van der Waals surface area contributed by atoms with Crippen molar-refractivity contribution in [3.63, 3.8) is 0 Å². The van der Waals surface area contributed by atoms with Crippen LogP contribution in [0.3, 0.4) is 0 Å². The van der Waals surface area contributed by atoms with Gasteiger partial charge in [-0.1, -0.05) is 11.6 Å². The Hall–Kier alpha value is -0.580. The molecule has 15 heavy (non-hydrogen) atoms.